The lowest BCUT2D eigenvalue weighted by molar-refractivity contribution is -0.692. The van der Waals surface area contributed by atoms with Gasteiger partial charge in [-0.1, -0.05) is 98.1 Å². The Labute approximate surface area is 424 Å². The molecule has 78 heavy (non-hydrogen) atoms. The summed E-state index contributed by atoms with van der Waals surface area (Å²) in [5.41, 5.74) is -28.2. The first-order valence-corrected chi connectivity index (χ1v) is 22.4. The molecule has 0 bridgehead atoms. The van der Waals surface area contributed by atoms with Crippen LogP contribution in [-0.2, 0) is 56.0 Å². The van der Waals surface area contributed by atoms with Gasteiger partial charge >= 0.3 is 49.4 Å². The molecule has 1 heterocycles. The van der Waals surface area contributed by atoms with E-state index in [-0.39, 0.29) is 5.78 Å². The predicted octanol–water partition coefficient (Wildman–Crippen LogP) is 14.5. The largest absolute Gasteiger partial charge is 0.416 e. The number of ketones is 1. The van der Waals surface area contributed by atoms with Crippen LogP contribution in [0.2, 0.25) is 0 Å². The number of carbonyl (C=O) groups excluding carboxylic acids is 1. The number of aromatic nitrogens is 2. The second-order valence-electron chi connectivity index (χ2n) is 18.0. The van der Waals surface area contributed by atoms with E-state index in [0.29, 0.717) is 12.5 Å². The van der Waals surface area contributed by atoms with E-state index in [0.717, 1.165) is 5.56 Å². The Morgan fingerprint density at radius 3 is 0.974 bits per heavy atom. The van der Waals surface area contributed by atoms with Gasteiger partial charge in [0.05, 0.1) is 56.9 Å². The molecule has 1 saturated carbocycles. The van der Waals surface area contributed by atoms with Crippen molar-refractivity contribution in [3.63, 3.8) is 0 Å². The number of hydrogen-bond acceptors (Lipinski definition) is 2. The van der Waals surface area contributed by atoms with Crippen molar-refractivity contribution >= 4 is 33.8 Å². The lowest BCUT2D eigenvalue weighted by atomic mass is 9.12. The molecule has 3 nitrogen and oxygen atoms in total. The van der Waals surface area contributed by atoms with Gasteiger partial charge in [-0.05, 0) is 37.1 Å². The number of alkyl halides is 24. The van der Waals surface area contributed by atoms with Crippen molar-refractivity contribution in [2.24, 2.45) is 0 Å². The van der Waals surface area contributed by atoms with Gasteiger partial charge in [0.15, 0.2) is 6.20 Å². The van der Waals surface area contributed by atoms with Crippen molar-refractivity contribution in [2.75, 3.05) is 0 Å². The van der Waals surface area contributed by atoms with Gasteiger partial charge in [-0.25, -0.2) is 0 Å². The second kappa shape index (κ2) is 21.5. The third-order valence-corrected chi connectivity index (χ3v) is 12.7. The lowest BCUT2D eigenvalue weighted by Crippen LogP contribution is -2.75. The maximum Gasteiger partial charge on any atom is 0.416 e. The SMILES string of the molecule is FC(F)(F)c1cc([B-](c2cc(C(F)(F)F)cc(C(F)(F)F)c2)(c2cc(C(F)(F)F)cc(C(F)(F)F)c2)c2cc(C(F)(F)F)cc(C(F)(F)F)c2)cc(C(F)(F)F)c1.O=C(C[n+]1ccncc1C1CCCCC1)c1ccccc1. The quantitative estimate of drug-likeness (QED) is 0.0659. The summed E-state index contributed by atoms with van der Waals surface area (Å²) in [5.74, 6) is 0.708. The van der Waals surface area contributed by atoms with Crippen molar-refractivity contribution < 1.29 is 115 Å². The molecule has 0 aliphatic heterocycles. The number of Topliss-reactive ketones (excluding diaryl/α,β-unsaturated/α-hetero) is 1. The molecule has 1 aliphatic carbocycles. The Hall–Kier alpha value is -6.77. The van der Waals surface area contributed by atoms with Crippen LogP contribution in [0.3, 0.4) is 0 Å². The average molecular weight is 1140 g/mol. The highest BCUT2D eigenvalue weighted by Crippen LogP contribution is 2.42. The molecule has 0 unspecified atom stereocenters. The minimum absolute atomic E-state index is 0.156. The van der Waals surface area contributed by atoms with E-state index >= 15 is 0 Å². The van der Waals surface area contributed by atoms with E-state index in [1.54, 1.807) is 6.20 Å². The first-order valence-electron chi connectivity index (χ1n) is 22.4. The molecule has 1 aliphatic rings. The molecule has 5 aromatic carbocycles. The molecular weight excluding hydrogens is 1110 g/mol. The van der Waals surface area contributed by atoms with Crippen LogP contribution in [0.15, 0.2) is 122 Å². The molecule has 0 N–H and O–H groups in total. The summed E-state index contributed by atoms with van der Waals surface area (Å²) in [6.07, 6.45) is -42.8. The van der Waals surface area contributed by atoms with E-state index in [9.17, 15) is 110 Å². The zero-order valence-corrected chi connectivity index (χ0v) is 38.8. The van der Waals surface area contributed by atoms with E-state index in [1.807, 2.05) is 42.7 Å². The molecule has 6 aromatic rings. The Morgan fingerprint density at radius 1 is 0.423 bits per heavy atom. The number of nitrogens with zero attached hydrogens (tertiary/aromatic N) is 2. The minimum atomic E-state index is -6.13. The minimum Gasteiger partial charge on any atom is -0.287 e. The normalized spacial score (nSPS) is 14.7. The number of rotatable bonds is 8. The molecule has 1 aromatic heterocycles. The molecule has 1 fully saturated rings. The summed E-state index contributed by atoms with van der Waals surface area (Å²) < 4.78 is 343. The molecule has 7 rings (SSSR count). The van der Waals surface area contributed by atoms with Crippen LogP contribution < -0.4 is 26.4 Å². The summed E-state index contributed by atoms with van der Waals surface area (Å²) in [5, 5.41) is 0. The fraction of sp³-hybridized carbons (Fsp3) is 0.300. The average Bonchev–Trinajstić information content (AvgIpc) is 3.36. The van der Waals surface area contributed by atoms with Gasteiger partial charge in [-0.15, -0.1) is 0 Å². The van der Waals surface area contributed by atoms with Gasteiger partial charge in [0.25, 0.3) is 0 Å². The van der Waals surface area contributed by atoms with Gasteiger partial charge in [-0.3, -0.25) is 9.78 Å². The molecule has 0 spiro atoms. The number of halogens is 24. The van der Waals surface area contributed by atoms with Crippen LogP contribution in [0.5, 0.6) is 0 Å². The lowest BCUT2D eigenvalue weighted by Gasteiger charge is -2.46. The van der Waals surface area contributed by atoms with E-state index in [2.05, 4.69) is 9.55 Å². The Kier molecular flexibility index (Phi) is 16.6. The number of benzene rings is 5. The molecule has 0 amide bonds. The summed E-state index contributed by atoms with van der Waals surface area (Å²) in [7, 11) is 0. The topological polar surface area (TPSA) is 33.8 Å². The van der Waals surface area contributed by atoms with Gasteiger partial charge in [0.1, 0.15) is 6.15 Å². The van der Waals surface area contributed by atoms with Crippen LogP contribution in [0.4, 0.5) is 105 Å². The van der Waals surface area contributed by atoms with Crippen LogP contribution >= 0.6 is 0 Å². The van der Waals surface area contributed by atoms with Gasteiger partial charge in [0.2, 0.25) is 18.0 Å². The van der Waals surface area contributed by atoms with E-state index < -0.39 is 195 Å². The molecule has 0 radical (unpaired) electrons. The third kappa shape index (κ3) is 13.9. The second-order valence-corrected chi connectivity index (χ2v) is 18.0. The van der Waals surface area contributed by atoms with E-state index in [1.165, 1.54) is 37.8 Å². The summed E-state index contributed by atoms with van der Waals surface area (Å²) in [4.78, 5) is 16.7. The molecule has 28 heteroatoms. The highest BCUT2D eigenvalue weighted by atomic mass is 19.4. The summed E-state index contributed by atoms with van der Waals surface area (Å²) in [6, 6.07) is 0.701. The van der Waals surface area contributed by atoms with Crippen molar-refractivity contribution in [1.29, 1.82) is 0 Å². The van der Waals surface area contributed by atoms with Gasteiger partial charge in [-0.2, -0.15) is 132 Å². The van der Waals surface area contributed by atoms with Crippen LogP contribution in [0.25, 0.3) is 0 Å². The molecule has 0 saturated heterocycles. The highest BCUT2D eigenvalue weighted by molar-refractivity contribution is 7.20. The fourth-order valence-corrected chi connectivity index (χ4v) is 9.22. The van der Waals surface area contributed by atoms with Gasteiger partial charge < -0.3 is 0 Å². The van der Waals surface area contributed by atoms with Crippen molar-refractivity contribution in [3.8, 4) is 0 Å². The molecule has 0 atom stereocenters. The fourth-order valence-electron chi connectivity index (χ4n) is 9.22. The maximum absolute atomic E-state index is 14.2. The summed E-state index contributed by atoms with van der Waals surface area (Å²) in [6.45, 7) is 0.401. The third-order valence-electron chi connectivity index (χ3n) is 12.7. The standard InChI is InChI=1S/C32H12BF24.C18H21N2O/c34-25(35,36)13-1-14(26(37,38)39)6-21(5-13)33(22-7-15(27(40,41)42)2-16(8-22)28(43,44)45,23-9-17(29(46,47)48)3-18(10-23)30(49,50)51)24-11-19(31(52,53)54)4-20(12-24)32(55,56)57;21-18(16-9-5-2-6-10-16)14-20-12-11-19-13-17(20)15-7-3-1-4-8-15/h1-12H;2,5-6,9-13,15H,1,3-4,7-8,14H2/q-1;+1. The monoisotopic (exact) mass is 1140 g/mol. The zero-order chi connectivity index (χ0) is 58.4. The van der Waals surface area contributed by atoms with Crippen molar-refractivity contribution in [3.05, 3.63) is 177 Å². The van der Waals surface area contributed by atoms with Crippen molar-refractivity contribution in [1.82, 2.24) is 4.98 Å². The van der Waals surface area contributed by atoms with Gasteiger partial charge in [0, 0.05) is 11.5 Å². The smallest absolute Gasteiger partial charge is 0.287 e. The van der Waals surface area contributed by atoms with Crippen LogP contribution in [-0.4, -0.2) is 16.9 Å². The number of carbonyl (C=O) groups is 1. The summed E-state index contributed by atoms with van der Waals surface area (Å²) >= 11 is 0. The van der Waals surface area contributed by atoms with Crippen molar-refractivity contribution in [2.45, 2.75) is 94.0 Å². The molecule has 420 valence electrons. The predicted molar refractivity (Wildman–Crippen MR) is 231 cm³/mol. The van der Waals surface area contributed by atoms with Crippen LogP contribution in [0, 0.1) is 0 Å². The first kappa shape index (κ1) is 60.5. The van der Waals surface area contributed by atoms with E-state index in [4.69, 9.17) is 0 Å². The highest BCUT2D eigenvalue weighted by Gasteiger charge is 2.47. The first-order chi connectivity index (χ1) is 35.6. The maximum atomic E-state index is 14.2. The zero-order valence-electron chi connectivity index (χ0n) is 38.8. The Morgan fingerprint density at radius 2 is 0.705 bits per heavy atom. The Balaban J connectivity index is 0.000000387. The molecular formula is C50H33BF24N2O. The van der Waals surface area contributed by atoms with Crippen LogP contribution in [0.1, 0.15) is 98.6 Å². The number of hydrogen-bond donors (Lipinski definition) is 0. The Bertz CT molecular complexity index is 2670.